The molecule has 1 aromatic heterocycles. The summed E-state index contributed by atoms with van der Waals surface area (Å²) in [4.78, 5) is 0. The lowest BCUT2D eigenvalue weighted by Gasteiger charge is -2.10. The standard InChI is InChI=1S/C9H15N3S2/c1-2-4-8(3-1)10-5-6-13-9-12-11-7-14-9/h7-8,10H,1-6H2. The van der Waals surface area contributed by atoms with Crippen molar-refractivity contribution in [2.45, 2.75) is 36.1 Å². The lowest BCUT2D eigenvalue weighted by molar-refractivity contribution is 0.545. The van der Waals surface area contributed by atoms with Gasteiger partial charge < -0.3 is 5.32 Å². The first kappa shape index (κ1) is 10.4. The Bertz CT molecular complexity index is 245. The second-order valence-electron chi connectivity index (χ2n) is 3.49. The number of aromatic nitrogens is 2. The summed E-state index contributed by atoms with van der Waals surface area (Å²) in [6, 6.07) is 0.782. The summed E-state index contributed by atoms with van der Waals surface area (Å²) in [7, 11) is 0. The van der Waals surface area contributed by atoms with Crippen LogP contribution in [0.2, 0.25) is 0 Å². The van der Waals surface area contributed by atoms with Gasteiger partial charge in [-0.15, -0.1) is 10.2 Å². The van der Waals surface area contributed by atoms with E-state index in [1.807, 2.05) is 0 Å². The molecular formula is C9H15N3S2. The molecule has 0 amide bonds. The highest BCUT2D eigenvalue weighted by Crippen LogP contribution is 2.19. The van der Waals surface area contributed by atoms with Gasteiger partial charge in [-0.1, -0.05) is 35.9 Å². The number of rotatable bonds is 5. The van der Waals surface area contributed by atoms with Gasteiger partial charge in [0, 0.05) is 18.3 Å². The van der Waals surface area contributed by atoms with Crippen LogP contribution in [0.4, 0.5) is 0 Å². The summed E-state index contributed by atoms with van der Waals surface area (Å²) in [5, 5.41) is 11.4. The summed E-state index contributed by atoms with van der Waals surface area (Å²) in [5.41, 5.74) is 1.78. The van der Waals surface area contributed by atoms with Crippen molar-refractivity contribution in [1.29, 1.82) is 0 Å². The van der Waals surface area contributed by atoms with Crippen LogP contribution < -0.4 is 5.32 Å². The van der Waals surface area contributed by atoms with Crippen molar-refractivity contribution >= 4 is 23.1 Å². The molecule has 0 unspecified atom stereocenters. The Morgan fingerprint density at radius 2 is 2.36 bits per heavy atom. The maximum Gasteiger partial charge on any atom is 0.174 e. The number of thioether (sulfide) groups is 1. The highest BCUT2D eigenvalue weighted by atomic mass is 32.2. The molecule has 1 saturated carbocycles. The zero-order chi connectivity index (χ0) is 9.64. The van der Waals surface area contributed by atoms with Crippen LogP contribution in [-0.2, 0) is 0 Å². The van der Waals surface area contributed by atoms with Gasteiger partial charge in [0.25, 0.3) is 0 Å². The van der Waals surface area contributed by atoms with Crippen LogP contribution in [0, 0.1) is 0 Å². The first-order chi connectivity index (χ1) is 6.95. The summed E-state index contributed by atoms with van der Waals surface area (Å²) < 4.78 is 1.08. The zero-order valence-corrected chi connectivity index (χ0v) is 9.74. The van der Waals surface area contributed by atoms with E-state index in [0.717, 1.165) is 22.7 Å². The first-order valence-electron chi connectivity index (χ1n) is 5.07. The van der Waals surface area contributed by atoms with Gasteiger partial charge in [-0.3, -0.25) is 0 Å². The molecule has 0 aliphatic heterocycles. The highest BCUT2D eigenvalue weighted by molar-refractivity contribution is 8.01. The Hall–Kier alpha value is -0.130. The van der Waals surface area contributed by atoms with E-state index in [1.165, 1.54) is 25.7 Å². The van der Waals surface area contributed by atoms with Crippen LogP contribution in [-0.4, -0.2) is 28.5 Å². The third-order valence-corrected chi connectivity index (χ3v) is 4.32. The van der Waals surface area contributed by atoms with Crippen molar-refractivity contribution in [1.82, 2.24) is 15.5 Å². The van der Waals surface area contributed by atoms with Crippen molar-refractivity contribution in [3.63, 3.8) is 0 Å². The van der Waals surface area contributed by atoms with E-state index in [9.17, 15) is 0 Å². The van der Waals surface area contributed by atoms with Gasteiger partial charge in [-0.25, -0.2) is 0 Å². The zero-order valence-electron chi connectivity index (χ0n) is 8.11. The third kappa shape index (κ3) is 3.22. The Balaban J connectivity index is 1.55. The molecule has 2 rings (SSSR count). The van der Waals surface area contributed by atoms with Crippen LogP contribution in [0.3, 0.4) is 0 Å². The molecular weight excluding hydrogens is 214 g/mol. The summed E-state index contributed by atoms with van der Waals surface area (Å²) in [5.74, 6) is 1.10. The Morgan fingerprint density at radius 1 is 1.50 bits per heavy atom. The van der Waals surface area contributed by atoms with Crippen LogP contribution >= 0.6 is 23.1 Å². The fourth-order valence-electron chi connectivity index (χ4n) is 1.76. The maximum absolute atomic E-state index is 3.99. The van der Waals surface area contributed by atoms with Gasteiger partial charge in [0.15, 0.2) is 4.34 Å². The van der Waals surface area contributed by atoms with E-state index in [4.69, 9.17) is 0 Å². The average Bonchev–Trinajstić information content (AvgIpc) is 2.86. The van der Waals surface area contributed by atoms with E-state index in [-0.39, 0.29) is 0 Å². The largest absolute Gasteiger partial charge is 0.313 e. The molecule has 1 fully saturated rings. The average molecular weight is 229 g/mol. The number of hydrogen-bond donors (Lipinski definition) is 1. The fourth-order valence-corrected chi connectivity index (χ4v) is 3.19. The minimum absolute atomic E-state index is 0.782. The molecule has 1 heterocycles. The second-order valence-corrected chi connectivity index (χ2v) is 5.66. The number of hydrogen-bond acceptors (Lipinski definition) is 5. The first-order valence-corrected chi connectivity index (χ1v) is 6.94. The molecule has 78 valence electrons. The predicted molar refractivity (Wildman–Crippen MR) is 60.9 cm³/mol. The minimum Gasteiger partial charge on any atom is -0.313 e. The molecule has 1 aliphatic carbocycles. The second kappa shape index (κ2) is 5.68. The van der Waals surface area contributed by atoms with E-state index >= 15 is 0 Å². The van der Waals surface area contributed by atoms with Crippen molar-refractivity contribution < 1.29 is 0 Å². The van der Waals surface area contributed by atoms with Crippen molar-refractivity contribution in [3.8, 4) is 0 Å². The van der Waals surface area contributed by atoms with E-state index in [0.29, 0.717) is 0 Å². The molecule has 0 aromatic carbocycles. The lowest BCUT2D eigenvalue weighted by Crippen LogP contribution is -2.27. The Labute approximate surface area is 92.7 Å². The van der Waals surface area contributed by atoms with Crippen LogP contribution in [0.25, 0.3) is 0 Å². The molecule has 3 nitrogen and oxygen atoms in total. The van der Waals surface area contributed by atoms with Crippen molar-refractivity contribution in [2.75, 3.05) is 12.3 Å². The quantitative estimate of drug-likeness (QED) is 0.620. The van der Waals surface area contributed by atoms with Crippen LogP contribution in [0.15, 0.2) is 9.85 Å². The van der Waals surface area contributed by atoms with Gasteiger partial charge in [0.2, 0.25) is 0 Å². The molecule has 0 spiro atoms. The topological polar surface area (TPSA) is 37.8 Å². The Morgan fingerprint density at radius 3 is 3.07 bits per heavy atom. The number of nitrogens with zero attached hydrogens (tertiary/aromatic N) is 2. The van der Waals surface area contributed by atoms with Gasteiger partial charge >= 0.3 is 0 Å². The predicted octanol–water partition coefficient (Wildman–Crippen LogP) is 2.16. The van der Waals surface area contributed by atoms with Crippen molar-refractivity contribution in [2.24, 2.45) is 0 Å². The molecule has 14 heavy (non-hydrogen) atoms. The number of nitrogens with one attached hydrogen (secondary N) is 1. The lowest BCUT2D eigenvalue weighted by atomic mass is 10.2. The van der Waals surface area contributed by atoms with Gasteiger partial charge in [0.05, 0.1) is 0 Å². The van der Waals surface area contributed by atoms with Gasteiger partial charge in [-0.05, 0) is 12.8 Å². The highest BCUT2D eigenvalue weighted by Gasteiger charge is 2.13. The monoisotopic (exact) mass is 229 g/mol. The smallest absolute Gasteiger partial charge is 0.174 e. The van der Waals surface area contributed by atoms with E-state index in [1.54, 1.807) is 28.6 Å². The molecule has 1 aliphatic rings. The van der Waals surface area contributed by atoms with Gasteiger partial charge in [-0.2, -0.15) is 0 Å². The molecule has 0 radical (unpaired) electrons. The van der Waals surface area contributed by atoms with E-state index in [2.05, 4.69) is 15.5 Å². The molecule has 0 bridgehead atoms. The summed E-state index contributed by atoms with van der Waals surface area (Å²) >= 11 is 3.41. The van der Waals surface area contributed by atoms with Crippen LogP contribution in [0.1, 0.15) is 25.7 Å². The van der Waals surface area contributed by atoms with Crippen LogP contribution in [0.5, 0.6) is 0 Å². The molecule has 0 saturated heterocycles. The third-order valence-electron chi connectivity index (χ3n) is 2.46. The molecule has 1 aromatic rings. The van der Waals surface area contributed by atoms with Gasteiger partial charge in [0.1, 0.15) is 5.51 Å². The van der Waals surface area contributed by atoms with E-state index < -0.39 is 0 Å². The summed E-state index contributed by atoms with van der Waals surface area (Å²) in [6.07, 6.45) is 5.54. The molecule has 1 N–H and O–H groups in total. The molecule has 5 heteroatoms. The Kier molecular flexibility index (Phi) is 4.21. The minimum atomic E-state index is 0.782. The fraction of sp³-hybridized carbons (Fsp3) is 0.778. The summed E-state index contributed by atoms with van der Waals surface area (Å²) in [6.45, 7) is 1.09. The van der Waals surface area contributed by atoms with Crippen molar-refractivity contribution in [3.05, 3.63) is 5.51 Å². The SMILES string of the molecule is c1nnc(SCCNC2CCCC2)s1. The maximum atomic E-state index is 3.99. The normalized spacial score (nSPS) is 17.7. The molecule has 0 atom stereocenters.